The number of nitrogens with zero attached hydrogens (tertiary/aromatic N) is 5. The van der Waals surface area contributed by atoms with Crippen molar-refractivity contribution < 1.29 is 19.7 Å². The monoisotopic (exact) mass is 530 g/mol. The van der Waals surface area contributed by atoms with Gasteiger partial charge in [0.15, 0.2) is 5.69 Å². The van der Waals surface area contributed by atoms with Gasteiger partial charge >= 0.3 is 5.91 Å². The molecule has 0 unspecified atom stereocenters. The van der Waals surface area contributed by atoms with Crippen molar-refractivity contribution in [2.75, 3.05) is 5.32 Å². The summed E-state index contributed by atoms with van der Waals surface area (Å²) >= 11 is 0. The minimum atomic E-state index is -1.14. The number of hydrogen-bond acceptors (Lipinski definition) is 6. The molecule has 2 fully saturated rings. The average Bonchev–Trinajstić information content (AvgIpc) is 3.42. The van der Waals surface area contributed by atoms with Crippen LogP contribution < -0.4 is 10.0 Å². The number of hydrogen-bond donors (Lipinski definition) is 3. The molecule has 6 rings (SSSR count). The van der Waals surface area contributed by atoms with Crippen LogP contribution in [0.4, 0.5) is 5.69 Å². The number of carbonyl (C=O) groups is 1. The van der Waals surface area contributed by atoms with Crippen LogP contribution in [0, 0.1) is 5.21 Å². The van der Waals surface area contributed by atoms with Crippen LogP contribution in [0.5, 0.6) is 0 Å². The van der Waals surface area contributed by atoms with Gasteiger partial charge in [0.05, 0.1) is 34.2 Å². The first-order chi connectivity index (χ1) is 18.5. The molecule has 0 aliphatic heterocycles. The number of aliphatic hydroxyl groups is 2. The van der Waals surface area contributed by atoms with E-state index in [0.29, 0.717) is 35.6 Å². The van der Waals surface area contributed by atoms with Gasteiger partial charge in [-0.25, -0.2) is 4.68 Å². The second kappa shape index (κ2) is 9.17. The average molecular weight is 531 g/mol. The predicted octanol–water partition coefficient (Wildman–Crippen LogP) is 4.08. The third-order valence-electron chi connectivity index (χ3n) is 7.96. The van der Waals surface area contributed by atoms with Gasteiger partial charge < -0.3 is 20.7 Å². The Morgan fingerprint density at radius 2 is 1.90 bits per heavy atom. The summed E-state index contributed by atoms with van der Waals surface area (Å²) in [6.45, 7) is 5.20. The molecule has 4 aromatic rings. The maximum atomic E-state index is 13.4. The number of nitrogens with one attached hydrogen (secondary N) is 1. The third kappa shape index (κ3) is 5.02. The molecular formula is C29H34N6O4. The highest BCUT2D eigenvalue weighted by molar-refractivity contribution is 6.04. The summed E-state index contributed by atoms with van der Waals surface area (Å²) in [5.41, 5.74) is 1.13. The molecule has 2 aliphatic rings. The van der Waals surface area contributed by atoms with Gasteiger partial charge in [-0.3, -0.25) is 9.48 Å². The van der Waals surface area contributed by atoms with E-state index in [1.54, 1.807) is 42.9 Å². The van der Waals surface area contributed by atoms with Crippen LogP contribution in [0.25, 0.3) is 16.6 Å². The molecule has 0 spiro atoms. The summed E-state index contributed by atoms with van der Waals surface area (Å²) in [6.07, 6.45) is 8.68. The van der Waals surface area contributed by atoms with Gasteiger partial charge in [-0.2, -0.15) is 14.9 Å². The first kappa shape index (κ1) is 25.5. The normalized spacial score (nSPS) is 21.8. The largest absolute Gasteiger partial charge is 0.618 e. The number of carbonyl (C=O) groups excluding carboxylic acids is 1. The highest BCUT2D eigenvalue weighted by atomic mass is 16.5. The van der Waals surface area contributed by atoms with Crippen LogP contribution in [0.15, 0.2) is 48.8 Å². The first-order valence-electron chi connectivity index (χ1n) is 13.6. The zero-order valence-corrected chi connectivity index (χ0v) is 22.5. The number of benzene rings is 1. The standard InChI is InChI=1S/C29H34N6O4/c1-28(2,37)26-11-14-33(32-26)25-16-21-19(17-34(31-21)20-9-12-29(3,38)13-10-20)15-22(25)30-27(36)24-6-4-5-23(35(24)39)18-7-8-18/h4-6,11,14-18,20,37-38H,7-10,12-13H2,1-3H3,(H,30,36). The highest BCUT2D eigenvalue weighted by Crippen LogP contribution is 2.38. The van der Waals surface area contributed by atoms with Gasteiger partial charge in [-0.1, -0.05) is 0 Å². The Kier molecular flexibility index (Phi) is 6.00. The molecule has 0 bridgehead atoms. The minimum absolute atomic E-state index is 0.0352. The summed E-state index contributed by atoms with van der Waals surface area (Å²) in [4.78, 5) is 13.4. The van der Waals surface area contributed by atoms with Crippen molar-refractivity contribution in [1.82, 2.24) is 19.6 Å². The summed E-state index contributed by atoms with van der Waals surface area (Å²) in [7, 11) is 0. The summed E-state index contributed by atoms with van der Waals surface area (Å²) in [5, 5.41) is 47.0. The van der Waals surface area contributed by atoms with Crippen LogP contribution >= 0.6 is 0 Å². The fourth-order valence-corrected chi connectivity index (χ4v) is 5.38. The lowest BCUT2D eigenvalue weighted by Crippen LogP contribution is -2.40. The Morgan fingerprint density at radius 1 is 1.15 bits per heavy atom. The smallest absolute Gasteiger partial charge is 0.321 e. The van der Waals surface area contributed by atoms with Crippen LogP contribution in [0.1, 0.15) is 93.1 Å². The SMILES string of the molecule is CC1(O)CCC(n2cc3cc(NC(=O)c4cccc(C5CC5)[n+]4[O-])c(-n4ccc(C(C)(C)O)n4)cc3n2)CC1. The lowest BCUT2D eigenvalue weighted by molar-refractivity contribution is -0.616. The minimum Gasteiger partial charge on any atom is -0.618 e. The Morgan fingerprint density at radius 3 is 2.56 bits per heavy atom. The Balaban J connectivity index is 1.39. The third-order valence-corrected chi connectivity index (χ3v) is 7.96. The fraction of sp³-hybridized carbons (Fsp3) is 0.448. The first-order valence-corrected chi connectivity index (χ1v) is 13.6. The number of amides is 1. The molecule has 10 nitrogen and oxygen atoms in total. The number of rotatable bonds is 6. The molecule has 204 valence electrons. The van der Waals surface area contributed by atoms with E-state index in [-0.39, 0.29) is 17.7 Å². The molecule has 0 saturated heterocycles. The predicted molar refractivity (Wildman–Crippen MR) is 146 cm³/mol. The lowest BCUT2D eigenvalue weighted by Gasteiger charge is -2.33. The maximum Gasteiger partial charge on any atom is 0.321 e. The molecule has 10 heteroatoms. The molecule has 2 aliphatic carbocycles. The topological polar surface area (TPSA) is 132 Å². The lowest BCUT2D eigenvalue weighted by atomic mass is 9.84. The van der Waals surface area contributed by atoms with Crippen molar-refractivity contribution in [3.8, 4) is 5.69 Å². The van der Waals surface area contributed by atoms with Crippen molar-refractivity contribution in [1.29, 1.82) is 0 Å². The van der Waals surface area contributed by atoms with Crippen molar-refractivity contribution >= 4 is 22.5 Å². The van der Waals surface area contributed by atoms with E-state index < -0.39 is 17.1 Å². The van der Waals surface area contributed by atoms with E-state index in [2.05, 4.69) is 10.4 Å². The number of aromatic nitrogens is 5. The molecule has 0 radical (unpaired) electrons. The highest BCUT2D eigenvalue weighted by Gasteiger charge is 2.33. The summed E-state index contributed by atoms with van der Waals surface area (Å²) < 4.78 is 4.29. The zero-order valence-electron chi connectivity index (χ0n) is 22.5. The molecule has 39 heavy (non-hydrogen) atoms. The van der Waals surface area contributed by atoms with E-state index in [1.165, 1.54) is 6.07 Å². The van der Waals surface area contributed by atoms with Gasteiger partial charge in [0.1, 0.15) is 5.60 Å². The van der Waals surface area contributed by atoms with E-state index in [9.17, 15) is 20.2 Å². The summed E-state index contributed by atoms with van der Waals surface area (Å²) in [5.74, 6) is -0.300. The molecule has 3 aromatic heterocycles. The second-order valence-electron chi connectivity index (χ2n) is 11.8. The zero-order chi connectivity index (χ0) is 27.5. The van der Waals surface area contributed by atoms with E-state index in [0.717, 1.165) is 41.3 Å². The van der Waals surface area contributed by atoms with E-state index >= 15 is 0 Å². The number of anilines is 1. The van der Waals surface area contributed by atoms with Crippen molar-refractivity contribution in [3.63, 3.8) is 0 Å². The fourth-order valence-electron chi connectivity index (χ4n) is 5.38. The van der Waals surface area contributed by atoms with E-state index in [4.69, 9.17) is 5.10 Å². The van der Waals surface area contributed by atoms with Crippen LogP contribution in [-0.2, 0) is 5.60 Å². The quantitative estimate of drug-likeness (QED) is 0.254. The molecule has 3 N–H and O–H groups in total. The Hall–Kier alpha value is -3.76. The van der Waals surface area contributed by atoms with Crippen molar-refractivity contribution in [3.05, 3.63) is 71.1 Å². The molecular weight excluding hydrogens is 496 g/mol. The van der Waals surface area contributed by atoms with Crippen LogP contribution in [0.3, 0.4) is 0 Å². The number of fused-ring (bicyclic) bond motifs is 1. The molecule has 3 heterocycles. The molecule has 0 atom stereocenters. The van der Waals surface area contributed by atoms with Crippen molar-refractivity contribution in [2.24, 2.45) is 0 Å². The Labute approximate surface area is 226 Å². The Bertz CT molecular complexity index is 1550. The van der Waals surface area contributed by atoms with Gasteiger partial charge in [0, 0.05) is 35.8 Å². The van der Waals surface area contributed by atoms with Gasteiger partial charge in [-0.15, -0.1) is 0 Å². The van der Waals surface area contributed by atoms with E-state index in [1.807, 2.05) is 29.9 Å². The summed E-state index contributed by atoms with van der Waals surface area (Å²) in [6, 6.07) is 10.7. The molecule has 2 saturated carbocycles. The van der Waals surface area contributed by atoms with Crippen molar-refractivity contribution in [2.45, 2.75) is 82.5 Å². The number of pyridine rings is 1. The molecule has 1 amide bonds. The van der Waals surface area contributed by atoms with Crippen LogP contribution in [-0.4, -0.2) is 41.3 Å². The van der Waals surface area contributed by atoms with Crippen LogP contribution in [0.2, 0.25) is 0 Å². The van der Waals surface area contributed by atoms with Gasteiger partial charge in [0.25, 0.3) is 5.69 Å². The van der Waals surface area contributed by atoms with Gasteiger partial charge in [0.2, 0.25) is 0 Å². The maximum absolute atomic E-state index is 13.4. The van der Waals surface area contributed by atoms with Gasteiger partial charge in [-0.05, 0) is 83.6 Å². The molecule has 1 aromatic carbocycles. The second-order valence-corrected chi connectivity index (χ2v) is 11.8.